The van der Waals surface area contributed by atoms with E-state index in [-0.39, 0.29) is 17.9 Å². The van der Waals surface area contributed by atoms with Gasteiger partial charge in [0.15, 0.2) is 0 Å². The number of piperidine rings is 1. The van der Waals surface area contributed by atoms with Crippen LogP contribution in [0.5, 0.6) is 11.5 Å². The minimum absolute atomic E-state index is 0.0568. The molecule has 3 rings (SSSR count). The van der Waals surface area contributed by atoms with Crippen LogP contribution in [0.2, 0.25) is 5.02 Å². The lowest BCUT2D eigenvalue weighted by atomic mass is 10.0. The molecule has 1 aliphatic heterocycles. The molecule has 1 N–H and O–H groups in total. The van der Waals surface area contributed by atoms with Gasteiger partial charge < -0.3 is 19.7 Å². The summed E-state index contributed by atoms with van der Waals surface area (Å²) in [5.74, 6) is 0.821. The Morgan fingerprint density at radius 3 is 2.29 bits per heavy atom. The molecule has 1 aliphatic rings. The molecule has 1 unspecified atom stereocenters. The van der Waals surface area contributed by atoms with E-state index >= 15 is 0 Å². The Morgan fingerprint density at radius 1 is 1.04 bits per heavy atom. The van der Waals surface area contributed by atoms with Crippen molar-refractivity contribution in [2.24, 2.45) is 0 Å². The predicted molar refractivity (Wildman–Crippen MR) is 107 cm³/mol. The fourth-order valence-corrected chi connectivity index (χ4v) is 3.39. The minimum Gasteiger partial charge on any atom is -0.497 e. The van der Waals surface area contributed by atoms with Gasteiger partial charge in [-0.3, -0.25) is 9.59 Å². The number of halogens is 1. The van der Waals surface area contributed by atoms with Gasteiger partial charge in [0.05, 0.1) is 14.2 Å². The Bertz CT molecular complexity index is 832. The highest BCUT2D eigenvalue weighted by Crippen LogP contribution is 2.23. The number of hydrogen-bond donors (Lipinski definition) is 1. The van der Waals surface area contributed by atoms with E-state index in [1.807, 2.05) is 0 Å². The molecule has 2 aromatic rings. The Kier molecular flexibility index (Phi) is 6.41. The molecular formula is C21H23ClN2O4. The molecule has 0 radical (unpaired) electrons. The Labute approximate surface area is 169 Å². The number of nitrogens with one attached hydrogen (secondary N) is 1. The number of likely N-dealkylation sites (tertiary alicyclic amines) is 1. The summed E-state index contributed by atoms with van der Waals surface area (Å²) in [5, 5.41) is 3.61. The molecule has 0 spiro atoms. The normalized spacial score (nSPS) is 16.4. The van der Waals surface area contributed by atoms with E-state index in [1.165, 1.54) is 14.2 Å². The van der Waals surface area contributed by atoms with Gasteiger partial charge in [0.25, 0.3) is 11.8 Å². The fraction of sp³-hybridized carbons (Fsp3) is 0.333. The maximum atomic E-state index is 12.7. The molecular weight excluding hydrogens is 380 g/mol. The van der Waals surface area contributed by atoms with Crippen molar-refractivity contribution in [2.45, 2.75) is 18.9 Å². The van der Waals surface area contributed by atoms with Crippen LogP contribution in [0.25, 0.3) is 0 Å². The number of carbonyl (C=O) groups excluding carboxylic acids is 2. The maximum Gasteiger partial charge on any atom is 0.253 e. The summed E-state index contributed by atoms with van der Waals surface area (Å²) in [7, 11) is 3.08. The summed E-state index contributed by atoms with van der Waals surface area (Å²) in [6.07, 6.45) is 1.64. The molecule has 0 saturated carbocycles. The summed E-state index contributed by atoms with van der Waals surface area (Å²) in [4.78, 5) is 27.2. The lowest BCUT2D eigenvalue weighted by Crippen LogP contribution is -2.49. The zero-order valence-corrected chi connectivity index (χ0v) is 16.7. The number of benzene rings is 2. The van der Waals surface area contributed by atoms with E-state index in [1.54, 1.807) is 47.4 Å². The number of methoxy groups -OCH3 is 2. The van der Waals surface area contributed by atoms with Crippen molar-refractivity contribution < 1.29 is 19.1 Å². The highest BCUT2D eigenvalue weighted by molar-refractivity contribution is 6.30. The quantitative estimate of drug-likeness (QED) is 0.832. The molecule has 6 nitrogen and oxygen atoms in total. The molecule has 1 saturated heterocycles. The summed E-state index contributed by atoms with van der Waals surface area (Å²) in [5.41, 5.74) is 1.05. The van der Waals surface area contributed by atoms with Crippen LogP contribution in [0, 0.1) is 0 Å². The van der Waals surface area contributed by atoms with Gasteiger partial charge in [-0.05, 0) is 49.2 Å². The Morgan fingerprint density at radius 2 is 1.68 bits per heavy atom. The van der Waals surface area contributed by atoms with E-state index in [4.69, 9.17) is 21.1 Å². The largest absolute Gasteiger partial charge is 0.497 e. The first-order chi connectivity index (χ1) is 13.5. The molecule has 148 valence electrons. The third-order valence-electron chi connectivity index (χ3n) is 4.75. The first-order valence-corrected chi connectivity index (χ1v) is 9.46. The lowest BCUT2D eigenvalue weighted by molar-refractivity contribution is 0.0676. The van der Waals surface area contributed by atoms with Crippen molar-refractivity contribution in [3.05, 3.63) is 58.6 Å². The van der Waals surface area contributed by atoms with Crippen LogP contribution in [0.3, 0.4) is 0 Å². The van der Waals surface area contributed by atoms with E-state index < -0.39 is 0 Å². The van der Waals surface area contributed by atoms with Crippen LogP contribution in [0.4, 0.5) is 0 Å². The number of hydrogen-bond acceptors (Lipinski definition) is 4. The molecule has 2 amide bonds. The van der Waals surface area contributed by atoms with Crippen LogP contribution in [-0.4, -0.2) is 50.1 Å². The van der Waals surface area contributed by atoms with Gasteiger partial charge in [0.1, 0.15) is 11.5 Å². The van der Waals surface area contributed by atoms with Gasteiger partial charge in [-0.25, -0.2) is 0 Å². The average Bonchev–Trinajstić information content (AvgIpc) is 2.73. The van der Waals surface area contributed by atoms with Crippen LogP contribution in [0.15, 0.2) is 42.5 Å². The molecule has 0 aliphatic carbocycles. The summed E-state index contributed by atoms with van der Waals surface area (Å²) >= 11 is 5.89. The van der Waals surface area contributed by atoms with Crippen LogP contribution < -0.4 is 14.8 Å². The number of carbonyl (C=O) groups is 2. The molecule has 28 heavy (non-hydrogen) atoms. The lowest BCUT2D eigenvalue weighted by Gasteiger charge is -2.33. The number of nitrogens with zero attached hydrogens (tertiary/aromatic N) is 1. The van der Waals surface area contributed by atoms with E-state index in [9.17, 15) is 9.59 Å². The van der Waals surface area contributed by atoms with Gasteiger partial charge in [0, 0.05) is 41.3 Å². The van der Waals surface area contributed by atoms with Gasteiger partial charge in [-0.2, -0.15) is 0 Å². The van der Waals surface area contributed by atoms with Crippen molar-refractivity contribution >= 4 is 23.4 Å². The second-order valence-electron chi connectivity index (χ2n) is 6.67. The highest BCUT2D eigenvalue weighted by Gasteiger charge is 2.26. The molecule has 0 bridgehead atoms. The molecule has 2 aromatic carbocycles. The third kappa shape index (κ3) is 4.75. The molecule has 0 aromatic heterocycles. The second-order valence-corrected chi connectivity index (χ2v) is 7.11. The van der Waals surface area contributed by atoms with E-state index in [2.05, 4.69) is 5.32 Å². The van der Waals surface area contributed by atoms with Crippen molar-refractivity contribution in [3.8, 4) is 11.5 Å². The fourth-order valence-electron chi connectivity index (χ4n) is 3.26. The zero-order valence-electron chi connectivity index (χ0n) is 15.9. The SMILES string of the molecule is COc1cc(OC)cc(C(=O)NC2CCCN(C(=O)c3ccc(Cl)cc3)C2)c1. The van der Waals surface area contributed by atoms with Gasteiger partial charge in [-0.15, -0.1) is 0 Å². The van der Waals surface area contributed by atoms with Crippen molar-refractivity contribution in [2.75, 3.05) is 27.3 Å². The Balaban J connectivity index is 1.67. The number of amides is 2. The van der Waals surface area contributed by atoms with Gasteiger partial charge in [0.2, 0.25) is 0 Å². The molecule has 1 fully saturated rings. The number of rotatable bonds is 5. The van der Waals surface area contributed by atoms with Crippen molar-refractivity contribution in [1.29, 1.82) is 0 Å². The zero-order chi connectivity index (χ0) is 20.1. The topological polar surface area (TPSA) is 67.9 Å². The first kappa shape index (κ1) is 20.0. The summed E-state index contributed by atoms with van der Waals surface area (Å²) in [6, 6.07) is 11.8. The minimum atomic E-state index is -0.219. The highest BCUT2D eigenvalue weighted by atomic mass is 35.5. The van der Waals surface area contributed by atoms with Crippen molar-refractivity contribution in [3.63, 3.8) is 0 Å². The van der Waals surface area contributed by atoms with Crippen LogP contribution in [-0.2, 0) is 0 Å². The van der Waals surface area contributed by atoms with Crippen molar-refractivity contribution in [1.82, 2.24) is 10.2 Å². The molecule has 7 heteroatoms. The predicted octanol–water partition coefficient (Wildman–Crippen LogP) is 3.39. The van der Waals surface area contributed by atoms with Gasteiger partial charge >= 0.3 is 0 Å². The maximum absolute atomic E-state index is 12.7. The first-order valence-electron chi connectivity index (χ1n) is 9.09. The third-order valence-corrected chi connectivity index (χ3v) is 5.00. The van der Waals surface area contributed by atoms with E-state index in [0.717, 1.165) is 12.8 Å². The Hall–Kier alpha value is -2.73. The smallest absolute Gasteiger partial charge is 0.253 e. The average molecular weight is 403 g/mol. The molecule has 1 heterocycles. The molecule has 1 atom stereocenters. The summed E-state index contributed by atoms with van der Waals surface area (Å²) in [6.45, 7) is 1.13. The van der Waals surface area contributed by atoms with E-state index in [0.29, 0.717) is 40.7 Å². The number of ether oxygens (including phenoxy) is 2. The van der Waals surface area contributed by atoms with Gasteiger partial charge in [-0.1, -0.05) is 11.6 Å². The van der Waals surface area contributed by atoms with Crippen LogP contribution >= 0.6 is 11.6 Å². The monoisotopic (exact) mass is 402 g/mol. The second kappa shape index (κ2) is 8.97. The van der Waals surface area contributed by atoms with Crippen LogP contribution in [0.1, 0.15) is 33.6 Å². The standard InChI is InChI=1S/C21H23ClN2O4/c1-27-18-10-15(11-19(12-18)28-2)20(25)23-17-4-3-9-24(13-17)21(26)14-5-7-16(22)8-6-14/h5-8,10-12,17H,3-4,9,13H2,1-2H3,(H,23,25). The summed E-state index contributed by atoms with van der Waals surface area (Å²) < 4.78 is 10.4.